The maximum absolute atomic E-state index is 5.78. The van der Waals surface area contributed by atoms with Gasteiger partial charge >= 0.3 is 0 Å². The molecule has 146 valence electrons. The van der Waals surface area contributed by atoms with E-state index in [2.05, 4.69) is 29.8 Å². The fourth-order valence-corrected chi connectivity index (χ4v) is 3.59. The van der Waals surface area contributed by atoms with Crippen molar-refractivity contribution in [1.29, 1.82) is 0 Å². The van der Waals surface area contributed by atoms with Crippen LogP contribution in [-0.2, 0) is 0 Å². The van der Waals surface area contributed by atoms with Crippen molar-refractivity contribution >= 4 is 39.7 Å². The molecule has 0 atom stereocenters. The van der Waals surface area contributed by atoms with Crippen molar-refractivity contribution < 1.29 is 0 Å². The number of pyridine rings is 1. The molecule has 1 aliphatic carbocycles. The van der Waals surface area contributed by atoms with E-state index in [1.807, 2.05) is 36.4 Å². The Bertz CT molecular complexity index is 1400. The first kappa shape index (κ1) is 16.8. The Hall–Kier alpha value is -4.14. The van der Waals surface area contributed by atoms with Crippen LogP contribution in [0.3, 0.4) is 0 Å². The van der Waals surface area contributed by atoms with Crippen molar-refractivity contribution in [1.82, 2.24) is 34.5 Å². The minimum Gasteiger partial charge on any atom is -0.368 e. The third kappa shape index (κ3) is 2.87. The lowest BCUT2D eigenvalue weighted by Gasteiger charge is -2.08. The first-order valence-electron chi connectivity index (χ1n) is 9.70. The lowest BCUT2D eigenvalue weighted by molar-refractivity contribution is 0.763. The standard InChI is InChI=1S/C21H17N9/c22-20-24-9-7-16(28-20)18-27-17-11-25-21(29-19(17)30(18)14-4-5-14)26-13-3-6-15-12(10-13)2-1-8-23-15/h1-3,6-11,14H,4-5H2,(H2,22,24,28)(H,25,26,29). The van der Waals surface area contributed by atoms with Gasteiger partial charge in [0.15, 0.2) is 11.5 Å². The Morgan fingerprint density at radius 3 is 2.73 bits per heavy atom. The van der Waals surface area contributed by atoms with Crippen LogP contribution < -0.4 is 11.1 Å². The third-order valence-corrected chi connectivity index (χ3v) is 5.11. The quantitative estimate of drug-likeness (QED) is 0.474. The minimum atomic E-state index is 0.223. The number of nitrogens with zero attached hydrogens (tertiary/aromatic N) is 7. The second-order valence-corrected chi connectivity index (χ2v) is 7.28. The van der Waals surface area contributed by atoms with Crippen molar-refractivity contribution in [2.45, 2.75) is 18.9 Å². The van der Waals surface area contributed by atoms with Crippen molar-refractivity contribution in [3.63, 3.8) is 0 Å². The van der Waals surface area contributed by atoms with Gasteiger partial charge in [0.2, 0.25) is 11.9 Å². The third-order valence-electron chi connectivity index (χ3n) is 5.11. The van der Waals surface area contributed by atoms with Gasteiger partial charge in [-0.15, -0.1) is 0 Å². The van der Waals surface area contributed by atoms with Gasteiger partial charge in [0.25, 0.3) is 0 Å². The number of nitrogens with one attached hydrogen (secondary N) is 1. The topological polar surface area (TPSA) is 120 Å². The van der Waals surface area contributed by atoms with Crippen LogP contribution in [0.15, 0.2) is 55.0 Å². The van der Waals surface area contributed by atoms with Gasteiger partial charge in [-0.3, -0.25) is 4.98 Å². The number of rotatable bonds is 4. The van der Waals surface area contributed by atoms with Crippen molar-refractivity contribution in [3.8, 4) is 11.5 Å². The van der Waals surface area contributed by atoms with E-state index in [4.69, 9.17) is 15.7 Å². The zero-order valence-corrected chi connectivity index (χ0v) is 15.9. The molecule has 0 bridgehead atoms. The molecule has 4 aromatic heterocycles. The maximum Gasteiger partial charge on any atom is 0.229 e. The second-order valence-electron chi connectivity index (χ2n) is 7.28. The highest BCUT2D eigenvalue weighted by Gasteiger charge is 2.30. The summed E-state index contributed by atoms with van der Waals surface area (Å²) in [5.74, 6) is 1.48. The highest BCUT2D eigenvalue weighted by molar-refractivity contribution is 5.83. The minimum absolute atomic E-state index is 0.223. The van der Waals surface area contributed by atoms with E-state index in [0.717, 1.165) is 46.4 Å². The molecule has 1 aliphatic rings. The molecule has 0 saturated heterocycles. The predicted molar refractivity (Wildman–Crippen MR) is 114 cm³/mol. The number of hydrogen-bond acceptors (Lipinski definition) is 8. The molecule has 0 unspecified atom stereocenters. The van der Waals surface area contributed by atoms with E-state index in [-0.39, 0.29) is 5.95 Å². The summed E-state index contributed by atoms with van der Waals surface area (Å²) in [6.45, 7) is 0. The van der Waals surface area contributed by atoms with Crippen molar-refractivity contribution in [2.24, 2.45) is 0 Å². The average Bonchev–Trinajstić information content (AvgIpc) is 3.53. The molecule has 30 heavy (non-hydrogen) atoms. The van der Waals surface area contributed by atoms with E-state index in [1.54, 1.807) is 18.6 Å². The molecular formula is C21H17N9. The van der Waals surface area contributed by atoms with Crippen LogP contribution in [0.25, 0.3) is 33.6 Å². The smallest absolute Gasteiger partial charge is 0.229 e. The number of hydrogen-bond donors (Lipinski definition) is 2. The summed E-state index contributed by atoms with van der Waals surface area (Å²) in [7, 11) is 0. The van der Waals surface area contributed by atoms with Crippen molar-refractivity contribution in [3.05, 3.63) is 55.0 Å². The van der Waals surface area contributed by atoms with Gasteiger partial charge in [0, 0.05) is 29.5 Å². The molecule has 0 amide bonds. The summed E-state index contributed by atoms with van der Waals surface area (Å²) in [5, 5.41) is 4.35. The first-order chi connectivity index (χ1) is 14.7. The van der Waals surface area contributed by atoms with Gasteiger partial charge in [0.05, 0.1) is 11.7 Å². The molecule has 9 nitrogen and oxygen atoms in total. The summed E-state index contributed by atoms with van der Waals surface area (Å²) < 4.78 is 2.13. The lowest BCUT2D eigenvalue weighted by Crippen LogP contribution is -2.03. The Balaban J connectivity index is 1.43. The number of nitrogen functional groups attached to an aromatic ring is 1. The van der Waals surface area contributed by atoms with E-state index in [1.165, 1.54) is 0 Å². The number of nitrogens with two attached hydrogens (primary N) is 1. The lowest BCUT2D eigenvalue weighted by atomic mass is 10.2. The highest BCUT2D eigenvalue weighted by atomic mass is 15.2. The van der Waals surface area contributed by atoms with Crippen LogP contribution in [0, 0.1) is 0 Å². The molecule has 0 spiro atoms. The number of anilines is 3. The highest BCUT2D eigenvalue weighted by Crippen LogP contribution is 2.40. The van der Waals surface area contributed by atoms with Crippen LogP contribution in [0.1, 0.15) is 18.9 Å². The van der Waals surface area contributed by atoms with E-state index < -0.39 is 0 Å². The summed E-state index contributed by atoms with van der Waals surface area (Å²) in [6, 6.07) is 12.1. The van der Waals surface area contributed by atoms with Crippen LogP contribution >= 0.6 is 0 Å². The fourth-order valence-electron chi connectivity index (χ4n) is 3.59. The molecule has 3 N–H and O–H groups in total. The Morgan fingerprint density at radius 1 is 0.933 bits per heavy atom. The molecule has 5 aromatic rings. The zero-order valence-electron chi connectivity index (χ0n) is 15.9. The molecule has 4 heterocycles. The predicted octanol–water partition coefficient (Wildman–Crippen LogP) is 3.49. The van der Waals surface area contributed by atoms with Crippen LogP contribution in [0.4, 0.5) is 17.6 Å². The van der Waals surface area contributed by atoms with Crippen LogP contribution in [-0.4, -0.2) is 34.5 Å². The summed E-state index contributed by atoms with van der Waals surface area (Å²) in [4.78, 5) is 26.6. The summed E-state index contributed by atoms with van der Waals surface area (Å²) >= 11 is 0. The number of benzene rings is 1. The largest absolute Gasteiger partial charge is 0.368 e. The molecule has 0 radical (unpaired) electrons. The van der Waals surface area contributed by atoms with Crippen LogP contribution in [0.2, 0.25) is 0 Å². The van der Waals surface area contributed by atoms with Gasteiger partial charge in [-0.2, -0.15) is 4.98 Å². The number of fused-ring (bicyclic) bond motifs is 2. The molecular weight excluding hydrogens is 378 g/mol. The summed E-state index contributed by atoms with van der Waals surface area (Å²) in [5.41, 5.74) is 9.81. The normalized spacial score (nSPS) is 13.7. The monoisotopic (exact) mass is 395 g/mol. The average molecular weight is 395 g/mol. The van der Waals surface area contributed by atoms with Gasteiger partial charge in [-0.05, 0) is 43.2 Å². The van der Waals surface area contributed by atoms with Crippen LogP contribution in [0.5, 0.6) is 0 Å². The Labute approximate surface area is 171 Å². The first-order valence-corrected chi connectivity index (χ1v) is 9.70. The van der Waals surface area contributed by atoms with E-state index in [0.29, 0.717) is 17.7 Å². The molecule has 0 aliphatic heterocycles. The maximum atomic E-state index is 5.78. The fraction of sp³-hybridized carbons (Fsp3) is 0.143. The molecule has 6 rings (SSSR count). The Morgan fingerprint density at radius 2 is 1.87 bits per heavy atom. The van der Waals surface area contributed by atoms with Gasteiger partial charge in [-0.25, -0.2) is 19.9 Å². The van der Waals surface area contributed by atoms with Gasteiger partial charge < -0.3 is 15.6 Å². The van der Waals surface area contributed by atoms with E-state index >= 15 is 0 Å². The molecule has 1 aromatic carbocycles. The van der Waals surface area contributed by atoms with E-state index in [9.17, 15) is 0 Å². The van der Waals surface area contributed by atoms with Gasteiger partial charge in [0.1, 0.15) is 11.2 Å². The number of aromatic nitrogens is 7. The Kier molecular flexibility index (Phi) is 3.61. The van der Waals surface area contributed by atoms with Gasteiger partial charge in [-0.1, -0.05) is 6.07 Å². The SMILES string of the molecule is Nc1nccc(-c2nc3cnc(Nc4ccc5ncccc5c4)nc3n2C2CC2)n1. The van der Waals surface area contributed by atoms with Crippen molar-refractivity contribution in [2.75, 3.05) is 11.1 Å². The summed E-state index contributed by atoms with van der Waals surface area (Å²) in [6.07, 6.45) is 7.34. The molecule has 1 fully saturated rings. The molecule has 1 saturated carbocycles. The zero-order chi connectivity index (χ0) is 20.1. The second kappa shape index (κ2) is 6.45. The molecule has 9 heteroatoms. The number of imidazole rings is 1.